The first kappa shape index (κ1) is 18.5. The summed E-state index contributed by atoms with van der Waals surface area (Å²) in [4.78, 5) is 0.209. The molecule has 2 heterocycles. The maximum Gasteiger partial charge on any atom is 0.227 e. The van der Waals surface area contributed by atoms with Crippen molar-refractivity contribution in [3.8, 4) is 0 Å². The molecule has 3 rings (SSSR count). The number of ether oxygens (including phenoxy) is 2. The molecule has 25 heavy (non-hydrogen) atoms. The van der Waals surface area contributed by atoms with Crippen LogP contribution >= 0.6 is 15.9 Å². The van der Waals surface area contributed by atoms with Crippen molar-refractivity contribution in [3.63, 3.8) is 0 Å². The third-order valence-electron chi connectivity index (χ3n) is 3.89. The van der Waals surface area contributed by atoms with Crippen LogP contribution in [-0.2, 0) is 25.9 Å². The van der Waals surface area contributed by atoms with Gasteiger partial charge in [-0.25, -0.2) is 13.1 Å². The van der Waals surface area contributed by atoms with Gasteiger partial charge >= 0.3 is 0 Å². The average molecular weight is 430 g/mol. The second kappa shape index (κ2) is 6.79. The van der Waals surface area contributed by atoms with E-state index in [1.165, 1.54) is 10.9 Å². The number of aromatic nitrogens is 3. The van der Waals surface area contributed by atoms with Gasteiger partial charge in [0, 0.05) is 9.89 Å². The van der Waals surface area contributed by atoms with Crippen molar-refractivity contribution in [1.82, 2.24) is 15.0 Å². The summed E-state index contributed by atoms with van der Waals surface area (Å²) in [6, 6.07) is 5.11. The standard InChI is InChI=1S/C16H20BrN3O4S/c1-11-4-5-12(17)6-13(11)25(21,22)14-7-20(19-18-14)8-15-23-9-16(2,3)10-24-15/h4-7,15H,8-10H2,1-3H3. The van der Waals surface area contributed by atoms with E-state index >= 15 is 0 Å². The SMILES string of the molecule is Cc1ccc(Br)cc1S(=O)(=O)c1cn(CC2OCC(C)(C)CO2)nn1. The van der Waals surface area contributed by atoms with Crippen LogP contribution in [-0.4, -0.2) is 42.9 Å². The van der Waals surface area contributed by atoms with E-state index < -0.39 is 16.1 Å². The first-order valence-corrected chi connectivity index (χ1v) is 10.1. The lowest BCUT2D eigenvalue weighted by Gasteiger charge is -2.34. The number of halogens is 1. The summed E-state index contributed by atoms with van der Waals surface area (Å²) in [5.41, 5.74) is 0.630. The van der Waals surface area contributed by atoms with Crippen molar-refractivity contribution in [2.24, 2.45) is 5.41 Å². The van der Waals surface area contributed by atoms with E-state index in [1.54, 1.807) is 25.1 Å². The monoisotopic (exact) mass is 429 g/mol. The Bertz CT molecular complexity index is 869. The van der Waals surface area contributed by atoms with Gasteiger partial charge in [0.05, 0.1) is 30.9 Å². The number of sulfone groups is 1. The lowest BCUT2D eigenvalue weighted by atomic mass is 9.96. The van der Waals surface area contributed by atoms with Gasteiger partial charge in [-0.15, -0.1) is 5.10 Å². The van der Waals surface area contributed by atoms with Crippen LogP contribution in [0.4, 0.5) is 0 Å². The van der Waals surface area contributed by atoms with Crippen LogP contribution in [0.15, 0.2) is 38.8 Å². The van der Waals surface area contributed by atoms with Crippen LogP contribution in [0, 0.1) is 12.3 Å². The van der Waals surface area contributed by atoms with E-state index in [-0.39, 0.29) is 21.9 Å². The largest absolute Gasteiger partial charge is 0.350 e. The van der Waals surface area contributed by atoms with E-state index in [0.29, 0.717) is 23.2 Å². The van der Waals surface area contributed by atoms with Gasteiger partial charge < -0.3 is 9.47 Å². The van der Waals surface area contributed by atoms with Gasteiger partial charge in [0.2, 0.25) is 14.9 Å². The molecule has 0 bridgehead atoms. The minimum absolute atomic E-state index is 0.0222. The van der Waals surface area contributed by atoms with Gasteiger partial charge in [0.25, 0.3) is 0 Å². The van der Waals surface area contributed by atoms with Crippen molar-refractivity contribution >= 4 is 25.8 Å². The summed E-state index contributed by atoms with van der Waals surface area (Å²) in [5.74, 6) is 0. The number of rotatable bonds is 4. The molecule has 9 heteroatoms. The number of nitrogens with zero attached hydrogens (tertiary/aromatic N) is 3. The minimum atomic E-state index is -3.74. The van der Waals surface area contributed by atoms with Crippen LogP contribution in [0.1, 0.15) is 19.4 Å². The Kier molecular flexibility index (Phi) is 5.02. The highest BCUT2D eigenvalue weighted by atomic mass is 79.9. The Morgan fingerprint density at radius 2 is 2.00 bits per heavy atom. The smallest absolute Gasteiger partial charge is 0.227 e. The first-order valence-electron chi connectivity index (χ1n) is 7.82. The highest BCUT2D eigenvalue weighted by Crippen LogP contribution is 2.26. The molecule has 0 aliphatic carbocycles. The second-order valence-corrected chi connectivity index (χ2v) is 9.69. The highest BCUT2D eigenvalue weighted by Gasteiger charge is 2.29. The maximum atomic E-state index is 12.8. The quantitative estimate of drug-likeness (QED) is 0.742. The molecule has 0 radical (unpaired) electrons. The highest BCUT2D eigenvalue weighted by molar-refractivity contribution is 9.10. The second-order valence-electron chi connectivity index (χ2n) is 6.91. The molecule has 1 saturated heterocycles. The zero-order valence-electron chi connectivity index (χ0n) is 14.3. The van der Waals surface area contributed by atoms with E-state index in [1.807, 2.05) is 0 Å². The molecule has 0 spiro atoms. The Labute approximate surface area is 155 Å². The summed E-state index contributed by atoms with van der Waals surface area (Å²) in [7, 11) is -3.74. The van der Waals surface area contributed by atoms with Crippen LogP contribution in [0.3, 0.4) is 0 Å². The molecule has 136 valence electrons. The molecule has 1 fully saturated rings. The van der Waals surface area contributed by atoms with Gasteiger partial charge in [0.1, 0.15) is 0 Å². The summed E-state index contributed by atoms with van der Waals surface area (Å²) in [6.07, 6.45) is 0.945. The molecule has 1 aliphatic rings. The van der Waals surface area contributed by atoms with Crippen molar-refractivity contribution in [2.45, 2.75) is 43.5 Å². The number of hydrogen-bond acceptors (Lipinski definition) is 6. The topological polar surface area (TPSA) is 83.3 Å². The van der Waals surface area contributed by atoms with Crippen molar-refractivity contribution in [1.29, 1.82) is 0 Å². The van der Waals surface area contributed by atoms with Crippen LogP contribution in [0.5, 0.6) is 0 Å². The van der Waals surface area contributed by atoms with Crippen molar-refractivity contribution in [3.05, 3.63) is 34.4 Å². The number of aryl methyl sites for hydroxylation is 1. The molecule has 0 N–H and O–H groups in total. The van der Waals surface area contributed by atoms with E-state index in [2.05, 4.69) is 40.1 Å². The van der Waals surface area contributed by atoms with E-state index in [9.17, 15) is 8.42 Å². The van der Waals surface area contributed by atoms with Gasteiger partial charge in [-0.1, -0.05) is 41.1 Å². The molecule has 0 saturated carbocycles. The lowest BCUT2D eigenvalue weighted by molar-refractivity contribution is -0.227. The molecule has 1 aliphatic heterocycles. The predicted octanol–water partition coefficient (Wildman–Crippen LogP) is 2.58. The summed E-state index contributed by atoms with van der Waals surface area (Å²) < 4.78 is 39.0. The number of hydrogen-bond donors (Lipinski definition) is 0. The predicted molar refractivity (Wildman–Crippen MR) is 93.8 cm³/mol. The maximum absolute atomic E-state index is 12.8. The fraction of sp³-hybridized carbons (Fsp3) is 0.500. The Balaban J connectivity index is 1.78. The van der Waals surface area contributed by atoms with E-state index in [4.69, 9.17) is 9.47 Å². The first-order chi connectivity index (χ1) is 11.7. The normalized spacial score (nSPS) is 18.4. The molecule has 1 aromatic heterocycles. The molecule has 0 unspecified atom stereocenters. The van der Waals surface area contributed by atoms with Crippen LogP contribution in [0.25, 0.3) is 0 Å². The molecule has 0 atom stereocenters. The Morgan fingerprint density at radius 1 is 1.32 bits per heavy atom. The summed E-state index contributed by atoms with van der Waals surface area (Å²) >= 11 is 3.30. The average Bonchev–Trinajstić information content (AvgIpc) is 3.01. The van der Waals surface area contributed by atoms with Crippen LogP contribution < -0.4 is 0 Å². The Morgan fingerprint density at radius 3 is 2.68 bits per heavy atom. The fourth-order valence-corrected chi connectivity index (χ4v) is 4.37. The zero-order valence-corrected chi connectivity index (χ0v) is 16.7. The van der Waals surface area contributed by atoms with E-state index in [0.717, 1.165) is 0 Å². The molecule has 7 nitrogen and oxygen atoms in total. The molecular weight excluding hydrogens is 410 g/mol. The zero-order chi connectivity index (χ0) is 18.2. The molecular formula is C16H20BrN3O4S. The molecule has 0 amide bonds. The van der Waals surface area contributed by atoms with Gasteiger partial charge in [-0.2, -0.15) is 0 Å². The lowest BCUT2D eigenvalue weighted by Crippen LogP contribution is -2.39. The van der Waals surface area contributed by atoms with Gasteiger partial charge in [-0.3, -0.25) is 0 Å². The molecule has 2 aromatic rings. The molecule has 1 aromatic carbocycles. The third-order valence-corrected chi connectivity index (χ3v) is 6.14. The van der Waals surface area contributed by atoms with Crippen LogP contribution in [0.2, 0.25) is 0 Å². The number of benzene rings is 1. The summed E-state index contributed by atoms with van der Waals surface area (Å²) in [6.45, 7) is 7.31. The van der Waals surface area contributed by atoms with Gasteiger partial charge in [0.15, 0.2) is 6.29 Å². The van der Waals surface area contributed by atoms with Crippen molar-refractivity contribution < 1.29 is 17.9 Å². The third kappa shape index (κ3) is 4.11. The minimum Gasteiger partial charge on any atom is -0.350 e. The summed E-state index contributed by atoms with van der Waals surface area (Å²) in [5, 5.41) is 7.64. The van der Waals surface area contributed by atoms with Crippen molar-refractivity contribution in [2.75, 3.05) is 13.2 Å². The van der Waals surface area contributed by atoms with Gasteiger partial charge in [-0.05, 0) is 24.6 Å². The fourth-order valence-electron chi connectivity index (χ4n) is 2.45. The Hall–Kier alpha value is -1.29.